The quantitative estimate of drug-likeness (QED) is 0.676. The molecule has 0 radical (unpaired) electrons. The van der Waals surface area contributed by atoms with Crippen molar-refractivity contribution < 1.29 is 9.21 Å². The first kappa shape index (κ1) is 19.4. The van der Waals surface area contributed by atoms with E-state index in [4.69, 9.17) is 4.42 Å². The standard InChI is InChI=1S/C24H27N3O2/c1-17-9-11-20(12-10-17)24-25-21(18(2)29-24)15-23(28)27-14-13-26(3)22(16-27)19-7-5-4-6-8-19/h4-12,22H,13-16H2,1-3H3. The van der Waals surface area contributed by atoms with E-state index in [1.807, 2.05) is 49.1 Å². The number of likely N-dealkylation sites (N-methyl/N-ethyl adjacent to an activating group) is 1. The number of hydrogen-bond donors (Lipinski definition) is 0. The predicted octanol–water partition coefficient (Wildman–Crippen LogP) is 4.02. The normalized spacial score (nSPS) is 17.5. The van der Waals surface area contributed by atoms with Gasteiger partial charge < -0.3 is 9.32 Å². The van der Waals surface area contributed by atoms with Crippen molar-refractivity contribution in [3.63, 3.8) is 0 Å². The fourth-order valence-corrected chi connectivity index (χ4v) is 3.80. The lowest BCUT2D eigenvalue weighted by atomic mass is 10.0. The molecule has 0 N–H and O–H groups in total. The van der Waals surface area contributed by atoms with E-state index in [1.165, 1.54) is 11.1 Å². The molecule has 0 aliphatic carbocycles. The van der Waals surface area contributed by atoms with Gasteiger partial charge in [0.05, 0.1) is 18.2 Å². The molecule has 29 heavy (non-hydrogen) atoms. The van der Waals surface area contributed by atoms with Gasteiger partial charge in [0.25, 0.3) is 0 Å². The summed E-state index contributed by atoms with van der Waals surface area (Å²) in [5.74, 6) is 1.39. The number of piperazine rings is 1. The molecule has 1 unspecified atom stereocenters. The summed E-state index contributed by atoms with van der Waals surface area (Å²) >= 11 is 0. The van der Waals surface area contributed by atoms with Gasteiger partial charge in [0, 0.05) is 25.2 Å². The van der Waals surface area contributed by atoms with Gasteiger partial charge in [0.15, 0.2) is 0 Å². The van der Waals surface area contributed by atoms with Crippen LogP contribution >= 0.6 is 0 Å². The second-order valence-corrected chi connectivity index (χ2v) is 7.81. The Kier molecular flexibility index (Phi) is 5.49. The highest BCUT2D eigenvalue weighted by molar-refractivity contribution is 5.79. The van der Waals surface area contributed by atoms with E-state index in [0.29, 0.717) is 18.2 Å². The lowest BCUT2D eigenvalue weighted by Crippen LogP contribution is -2.49. The molecule has 1 fully saturated rings. The zero-order chi connectivity index (χ0) is 20.4. The molecule has 1 saturated heterocycles. The molecule has 0 spiro atoms. The Bertz CT molecular complexity index is 979. The highest BCUT2D eigenvalue weighted by atomic mass is 16.4. The third-order valence-electron chi connectivity index (χ3n) is 5.69. The van der Waals surface area contributed by atoms with E-state index in [1.54, 1.807) is 0 Å². The van der Waals surface area contributed by atoms with Gasteiger partial charge >= 0.3 is 0 Å². The van der Waals surface area contributed by atoms with Gasteiger partial charge in [-0.15, -0.1) is 0 Å². The lowest BCUT2D eigenvalue weighted by molar-refractivity contribution is -0.133. The maximum atomic E-state index is 13.0. The molecular formula is C24H27N3O2. The minimum Gasteiger partial charge on any atom is -0.441 e. The first-order chi connectivity index (χ1) is 14.0. The topological polar surface area (TPSA) is 49.6 Å². The van der Waals surface area contributed by atoms with Crippen LogP contribution in [-0.2, 0) is 11.2 Å². The van der Waals surface area contributed by atoms with E-state index < -0.39 is 0 Å². The molecule has 0 saturated carbocycles. The van der Waals surface area contributed by atoms with Crippen LogP contribution in [0.25, 0.3) is 11.5 Å². The van der Waals surface area contributed by atoms with Gasteiger partial charge in [-0.05, 0) is 38.6 Å². The lowest BCUT2D eigenvalue weighted by Gasteiger charge is -2.39. The van der Waals surface area contributed by atoms with Crippen LogP contribution < -0.4 is 0 Å². The van der Waals surface area contributed by atoms with Crippen LogP contribution in [0.5, 0.6) is 0 Å². The highest BCUT2D eigenvalue weighted by Crippen LogP contribution is 2.26. The molecule has 2 aromatic carbocycles. The van der Waals surface area contributed by atoms with E-state index in [2.05, 4.69) is 41.2 Å². The molecular weight excluding hydrogens is 362 g/mol. The summed E-state index contributed by atoms with van der Waals surface area (Å²) in [5.41, 5.74) is 4.09. The average Bonchev–Trinajstić information content (AvgIpc) is 3.09. The first-order valence-corrected chi connectivity index (χ1v) is 10.1. The number of oxazole rings is 1. The fraction of sp³-hybridized carbons (Fsp3) is 0.333. The molecule has 4 rings (SSSR count). The number of hydrogen-bond acceptors (Lipinski definition) is 4. The van der Waals surface area contributed by atoms with Crippen molar-refractivity contribution in [1.29, 1.82) is 0 Å². The molecule has 5 heteroatoms. The summed E-state index contributed by atoms with van der Waals surface area (Å²) in [4.78, 5) is 21.9. The largest absolute Gasteiger partial charge is 0.441 e. The number of aryl methyl sites for hydroxylation is 2. The van der Waals surface area contributed by atoms with Crippen molar-refractivity contribution in [1.82, 2.24) is 14.8 Å². The van der Waals surface area contributed by atoms with Gasteiger partial charge in [-0.2, -0.15) is 0 Å². The van der Waals surface area contributed by atoms with Gasteiger partial charge in [0.2, 0.25) is 11.8 Å². The monoisotopic (exact) mass is 389 g/mol. The molecule has 150 valence electrons. The first-order valence-electron chi connectivity index (χ1n) is 10.1. The number of carbonyl (C=O) groups excluding carboxylic acids is 1. The third kappa shape index (κ3) is 4.25. The molecule has 1 aromatic heterocycles. The molecule has 1 atom stereocenters. The minimum atomic E-state index is 0.103. The molecule has 1 aliphatic heterocycles. The second kappa shape index (κ2) is 8.21. The Morgan fingerprint density at radius 3 is 2.52 bits per heavy atom. The minimum absolute atomic E-state index is 0.103. The van der Waals surface area contributed by atoms with Gasteiger partial charge in [-0.1, -0.05) is 48.0 Å². The van der Waals surface area contributed by atoms with E-state index >= 15 is 0 Å². The smallest absolute Gasteiger partial charge is 0.228 e. The molecule has 0 bridgehead atoms. The second-order valence-electron chi connectivity index (χ2n) is 7.81. The predicted molar refractivity (Wildman–Crippen MR) is 114 cm³/mol. The summed E-state index contributed by atoms with van der Waals surface area (Å²) in [6.07, 6.45) is 0.270. The van der Waals surface area contributed by atoms with Gasteiger partial charge in [-0.3, -0.25) is 9.69 Å². The van der Waals surface area contributed by atoms with Gasteiger partial charge in [-0.25, -0.2) is 4.98 Å². The van der Waals surface area contributed by atoms with Crippen molar-refractivity contribution in [2.24, 2.45) is 0 Å². The van der Waals surface area contributed by atoms with Crippen LogP contribution in [0.1, 0.15) is 28.6 Å². The Balaban J connectivity index is 1.47. The Labute approximate surface area is 172 Å². The van der Waals surface area contributed by atoms with Crippen LogP contribution in [0.15, 0.2) is 59.0 Å². The van der Waals surface area contributed by atoms with Crippen LogP contribution in [-0.4, -0.2) is 47.4 Å². The van der Waals surface area contributed by atoms with Crippen molar-refractivity contribution >= 4 is 5.91 Å². The number of amides is 1. The Hall–Kier alpha value is -2.92. The molecule has 3 aromatic rings. The van der Waals surface area contributed by atoms with Gasteiger partial charge in [0.1, 0.15) is 5.76 Å². The van der Waals surface area contributed by atoms with Crippen LogP contribution in [0, 0.1) is 13.8 Å². The van der Waals surface area contributed by atoms with Crippen LogP contribution in [0.4, 0.5) is 0 Å². The maximum absolute atomic E-state index is 13.0. The summed E-state index contributed by atoms with van der Waals surface area (Å²) in [6.45, 7) is 6.22. The number of benzene rings is 2. The zero-order valence-corrected chi connectivity index (χ0v) is 17.3. The number of rotatable bonds is 4. The SMILES string of the molecule is Cc1ccc(-c2nc(CC(=O)N3CCN(C)C(c4ccccc4)C3)c(C)o2)cc1. The van der Waals surface area contributed by atoms with Crippen molar-refractivity contribution in [3.05, 3.63) is 77.2 Å². The molecule has 1 amide bonds. The Morgan fingerprint density at radius 2 is 1.79 bits per heavy atom. The van der Waals surface area contributed by atoms with Crippen molar-refractivity contribution in [3.8, 4) is 11.5 Å². The molecule has 2 heterocycles. The summed E-state index contributed by atoms with van der Waals surface area (Å²) < 4.78 is 5.85. The number of nitrogens with zero attached hydrogens (tertiary/aromatic N) is 3. The zero-order valence-electron chi connectivity index (χ0n) is 17.3. The van der Waals surface area contributed by atoms with E-state index in [0.717, 1.165) is 24.3 Å². The van der Waals surface area contributed by atoms with E-state index in [9.17, 15) is 4.79 Å². The average molecular weight is 389 g/mol. The summed E-state index contributed by atoms with van der Waals surface area (Å²) in [7, 11) is 2.12. The third-order valence-corrected chi connectivity index (χ3v) is 5.69. The molecule has 5 nitrogen and oxygen atoms in total. The van der Waals surface area contributed by atoms with Crippen LogP contribution in [0.3, 0.4) is 0 Å². The van der Waals surface area contributed by atoms with Crippen molar-refractivity contribution in [2.75, 3.05) is 26.7 Å². The molecule has 1 aliphatic rings. The fourth-order valence-electron chi connectivity index (χ4n) is 3.80. The number of carbonyl (C=O) groups is 1. The highest BCUT2D eigenvalue weighted by Gasteiger charge is 2.29. The summed E-state index contributed by atoms with van der Waals surface area (Å²) in [6, 6.07) is 18.7. The van der Waals surface area contributed by atoms with Crippen molar-refractivity contribution in [2.45, 2.75) is 26.3 Å². The van der Waals surface area contributed by atoms with Crippen LogP contribution in [0.2, 0.25) is 0 Å². The Morgan fingerprint density at radius 1 is 1.07 bits per heavy atom. The van der Waals surface area contributed by atoms with E-state index in [-0.39, 0.29) is 18.4 Å². The summed E-state index contributed by atoms with van der Waals surface area (Å²) in [5, 5.41) is 0. The number of aromatic nitrogens is 1. The maximum Gasteiger partial charge on any atom is 0.228 e.